The molecule has 0 aliphatic carbocycles. The molecule has 1 fully saturated rings. The lowest BCUT2D eigenvalue weighted by Gasteiger charge is -2.52. The average molecular weight is 340 g/mol. The largest absolute Gasteiger partial charge is 0.356 e. The van der Waals surface area contributed by atoms with Crippen molar-refractivity contribution in [2.75, 3.05) is 11.5 Å². The first-order valence-electron chi connectivity index (χ1n) is 8.64. The number of halogens is 2. The van der Waals surface area contributed by atoms with Crippen LogP contribution in [-0.4, -0.2) is 19.2 Å². The zero-order valence-corrected chi connectivity index (χ0v) is 13.6. The number of nitrogens with zero attached hydrogens (tertiary/aromatic N) is 2. The van der Waals surface area contributed by atoms with Gasteiger partial charge in [0.2, 0.25) is 0 Å². The fourth-order valence-electron chi connectivity index (χ4n) is 4.75. The monoisotopic (exact) mass is 340 g/mol. The topological polar surface area (TPSA) is 24.8 Å². The number of alkyl halides is 2. The Morgan fingerprint density at radius 3 is 2.64 bits per heavy atom. The van der Waals surface area contributed by atoms with Crippen LogP contribution in [0.4, 0.5) is 14.5 Å². The van der Waals surface area contributed by atoms with Crippen LogP contribution in [0.3, 0.4) is 0 Å². The summed E-state index contributed by atoms with van der Waals surface area (Å²) in [6, 6.07) is 15.9. The van der Waals surface area contributed by atoms with Gasteiger partial charge in [-0.25, -0.2) is 4.99 Å². The number of anilines is 1. The third-order valence-electron chi connectivity index (χ3n) is 5.73. The van der Waals surface area contributed by atoms with Gasteiger partial charge in [0.25, 0.3) is 0 Å². The van der Waals surface area contributed by atoms with Crippen molar-refractivity contribution in [2.24, 2.45) is 10.9 Å². The van der Waals surface area contributed by atoms with Gasteiger partial charge in [-0.2, -0.15) is 8.78 Å². The zero-order valence-electron chi connectivity index (χ0n) is 13.6. The highest BCUT2D eigenvalue weighted by Crippen LogP contribution is 2.64. The van der Waals surface area contributed by atoms with Crippen LogP contribution in [0.5, 0.6) is 0 Å². The number of hydrogen-bond donors (Lipinski definition) is 0. The van der Waals surface area contributed by atoms with Gasteiger partial charge < -0.3 is 9.64 Å². The van der Waals surface area contributed by atoms with E-state index in [1.165, 1.54) is 6.07 Å². The van der Waals surface area contributed by atoms with Crippen molar-refractivity contribution >= 4 is 12.0 Å². The molecule has 0 radical (unpaired) electrons. The molecule has 3 aliphatic heterocycles. The molecule has 0 amide bonds. The quantitative estimate of drug-likeness (QED) is 0.774. The molecule has 0 aromatic heterocycles. The fraction of sp³-hybridized carbons (Fsp3) is 0.350. The lowest BCUT2D eigenvalue weighted by molar-refractivity contribution is -0.146. The lowest BCUT2D eigenvalue weighted by atomic mass is 9.69. The number of rotatable bonds is 1. The van der Waals surface area contributed by atoms with E-state index in [2.05, 4.69) is 4.99 Å². The highest BCUT2D eigenvalue weighted by Gasteiger charge is 2.71. The van der Waals surface area contributed by atoms with Crippen molar-refractivity contribution in [1.82, 2.24) is 0 Å². The molecule has 0 bridgehead atoms. The second kappa shape index (κ2) is 5.11. The summed E-state index contributed by atoms with van der Waals surface area (Å²) in [6.07, 6.45) is 2.47. The summed E-state index contributed by atoms with van der Waals surface area (Å²) in [6.45, 7) is 0.571. The first-order chi connectivity index (χ1) is 12.2. The predicted octanol–water partition coefficient (Wildman–Crippen LogP) is 4.29. The number of fused-ring (bicyclic) bond motifs is 5. The van der Waals surface area contributed by atoms with Crippen LogP contribution in [0.2, 0.25) is 0 Å². The summed E-state index contributed by atoms with van der Waals surface area (Å²) >= 11 is 0. The van der Waals surface area contributed by atoms with Crippen molar-refractivity contribution in [2.45, 2.75) is 30.5 Å². The van der Waals surface area contributed by atoms with Crippen molar-refractivity contribution in [3.63, 3.8) is 0 Å². The number of hydrogen-bond acceptors (Lipinski definition) is 3. The van der Waals surface area contributed by atoms with E-state index in [4.69, 9.17) is 4.74 Å². The van der Waals surface area contributed by atoms with Gasteiger partial charge in [0, 0.05) is 18.1 Å². The van der Waals surface area contributed by atoms with Gasteiger partial charge in [-0.15, -0.1) is 0 Å². The minimum atomic E-state index is -3.04. The predicted molar refractivity (Wildman–Crippen MR) is 91.9 cm³/mol. The molecule has 0 saturated carbocycles. The fourth-order valence-corrected chi connectivity index (χ4v) is 4.75. The van der Waals surface area contributed by atoms with E-state index in [0.717, 1.165) is 6.42 Å². The molecule has 0 spiro atoms. The molecular weight excluding hydrogens is 322 g/mol. The van der Waals surface area contributed by atoms with E-state index in [1.807, 2.05) is 18.2 Å². The van der Waals surface area contributed by atoms with E-state index in [1.54, 1.807) is 41.6 Å². The first kappa shape index (κ1) is 15.0. The minimum Gasteiger partial charge on any atom is -0.356 e. The third-order valence-corrected chi connectivity index (χ3v) is 5.73. The molecule has 0 N–H and O–H groups in total. The molecule has 0 unspecified atom stereocenters. The number of aliphatic imine (C=N–C) groups is 1. The van der Waals surface area contributed by atoms with Gasteiger partial charge in [0.1, 0.15) is 5.54 Å². The van der Waals surface area contributed by atoms with E-state index in [-0.39, 0.29) is 5.56 Å². The van der Waals surface area contributed by atoms with Gasteiger partial charge in [0.15, 0.2) is 6.23 Å². The molecule has 1 saturated heterocycles. The highest BCUT2D eigenvalue weighted by atomic mass is 19.3. The second-order valence-corrected chi connectivity index (χ2v) is 6.87. The summed E-state index contributed by atoms with van der Waals surface area (Å²) in [5.74, 6) is -3.45. The summed E-state index contributed by atoms with van der Waals surface area (Å²) in [5, 5.41) is 0. The minimum absolute atomic E-state index is 0.0662. The third kappa shape index (κ3) is 1.74. The van der Waals surface area contributed by atoms with Crippen molar-refractivity contribution < 1.29 is 13.5 Å². The smallest absolute Gasteiger partial charge is 0.302 e. The van der Waals surface area contributed by atoms with Crippen LogP contribution in [0.1, 0.15) is 24.0 Å². The summed E-state index contributed by atoms with van der Waals surface area (Å²) in [4.78, 5) is 6.16. The Kier molecular flexibility index (Phi) is 3.07. The standard InChI is InChI=1S/C20H18F2N2O/c21-20(22)15-9-4-5-11-17(15)24-13-23-18-16(10-6-12-25-18)19(20,24)14-7-2-1-3-8-14/h1-5,7-9,11,13,16,18H,6,10,12H2/t16-,18+,19-/m1/s1. The Bertz CT molecular complexity index is 839. The maximum absolute atomic E-state index is 16.0. The Morgan fingerprint density at radius 1 is 1.04 bits per heavy atom. The Balaban J connectivity index is 1.84. The van der Waals surface area contributed by atoms with Crippen LogP contribution in [0.25, 0.3) is 0 Å². The Morgan fingerprint density at radius 2 is 1.80 bits per heavy atom. The molecule has 25 heavy (non-hydrogen) atoms. The summed E-state index contributed by atoms with van der Waals surface area (Å²) < 4.78 is 37.8. The number of benzene rings is 2. The van der Waals surface area contributed by atoms with E-state index in [0.29, 0.717) is 24.3 Å². The highest BCUT2D eigenvalue weighted by molar-refractivity contribution is 5.88. The van der Waals surface area contributed by atoms with Crippen LogP contribution < -0.4 is 4.90 Å². The Labute approximate surface area is 144 Å². The molecule has 5 heteroatoms. The van der Waals surface area contributed by atoms with Crippen molar-refractivity contribution in [3.05, 3.63) is 65.7 Å². The van der Waals surface area contributed by atoms with Gasteiger partial charge in [-0.05, 0) is 24.5 Å². The number of ether oxygens (including phenoxy) is 1. The van der Waals surface area contributed by atoms with E-state index in [9.17, 15) is 0 Å². The molecule has 3 nitrogen and oxygen atoms in total. The molecule has 5 rings (SSSR count). The summed E-state index contributed by atoms with van der Waals surface area (Å²) in [7, 11) is 0. The van der Waals surface area contributed by atoms with E-state index < -0.39 is 23.6 Å². The van der Waals surface area contributed by atoms with Crippen LogP contribution >= 0.6 is 0 Å². The SMILES string of the molecule is FC1(F)c2ccccc2N2C=N[C@H]3OCCC[C@H]3[C@@]21c1ccccc1. The van der Waals surface area contributed by atoms with Crippen molar-refractivity contribution in [1.29, 1.82) is 0 Å². The maximum atomic E-state index is 16.0. The van der Waals surface area contributed by atoms with Crippen LogP contribution in [0.15, 0.2) is 59.6 Å². The molecule has 3 aliphatic rings. The summed E-state index contributed by atoms with van der Waals surface area (Å²) in [5.41, 5.74) is -0.284. The normalized spacial score (nSPS) is 32.0. The van der Waals surface area contributed by atoms with Crippen LogP contribution in [0, 0.1) is 5.92 Å². The second-order valence-electron chi connectivity index (χ2n) is 6.87. The first-order valence-corrected chi connectivity index (χ1v) is 8.64. The molecule has 128 valence electrons. The van der Waals surface area contributed by atoms with Gasteiger partial charge in [-0.3, -0.25) is 0 Å². The lowest BCUT2D eigenvalue weighted by Crippen LogP contribution is -2.62. The molecule has 2 aromatic carbocycles. The molecular formula is C20H18F2N2O. The van der Waals surface area contributed by atoms with Crippen molar-refractivity contribution in [3.8, 4) is 0 Å². The molecule has 2 aromatic rings. The van der Waals surface area contributed by atoms with E-state index >= 15 is 8.78 Å². The van der Waals surface area contributed by atoms with Gasteiger partial charge in [-0.1, -0.05) is 48.5 Å². The Hall–Kier alpha value is -2.27. The average Bonchev–Trinajstić information content (AvgIpc) is 2.88. The zero-order chi connectivity index (χ0) is 17.1. The van der Waals surface area contributed by atoms with Gasteiger partial charge >= 0.3 is 5.92 Å². The molecule has 3 atom stereocenters. The number of para-hydroxylation sites is 1. The molecule has 3 heterocycles. The van der Waals surface area contributed by atoms with Crippen LogP contribution in [-0.2, 0) is 16.2 Å². The van der Waals surface area contributed by atoms with Gasteiger partial charge in [0.05, 0.1) is 12.0 Å². The maximum Gasteiger partial charge on any atom is 0.302 e.